The summed E-state index contributed by atoms with van der Waals surface area (Å²) in [5.74, 6) is 0.857. The Bertz CT molecular complexity index is 608. The summed E-state index contributed by atoms with van der Waals surface area (Å²) < 4.78 is 5.34. The van der Waals surface area contributed by atoms with Crippen LogP contribution in [0.1, 0.15) is 17.7 Å². The molecule has 0 atom stereocenters. The number of anilines is 1. The van der Waals surface area contributed by atoms with Crippen molar-refractivity contribution in [3.8, 4) is 5.75 Å². The quantitative estimate of drug-likeness (QED) is 0.909. The number of ether oxygens (including phenoxy) is 1. The second-order valence-corrected chi connectivity index (χ2v) is 5.19. The number of benzene rings is 1. The SMILES string of the molecule is COc1ccc2nc(C)c(CCCN)c(N(C)C)c2c1. The number of pyridine rings is 1. The highest BCUT2D eigenvalue weighted by atomic mass is 16.5. The maximum Gasteiger partial charge on any atom is 0.119 e. The van der Waals surface area contributed by atoms with Crippen LogP contribution in [-0.2, 0) is 6.42 Å². The lowest BCUT2D eigenvalue weighted by Gasteiger charge is -2.22. The largest absolute Gasteiger partial charge is 0.497 e. The summed E-state index contributed by atoms with van der Waals surface area (Å²) in [5.41, 5.74) is 10.2. The lowest BCUT2D eigenvalue weighted by Crippen LogP contribution is -2.15. The number of aryl methyl sites for hydroxylation is 1. The number of hydrogen-bond donors (Lipinski definition) is 1. The number of fused-ring (bicyclic) bond motifs is 1. The first kappa shape index (κ1) is 14.6. The van der Waals surface area contributed by atoms with E-state index in [1.807, 2.05) is 12.1 Å². The van der Waals surface area contributed by atoms with Gasteiger partial charge in [-0.3, -0.25) is 4.98 Å². The molecule has 0 saturated carbocycles. The lowest BCUT2D eigenvalue weighted by atomic mass is 10.0. The van der Waals surface area contributed by atoms with Crippen molar-refractivity contribution in [1.82, 2.24) is 4.98 Å². The van der Waals surface area contributed by atoms with E-state index in [1.165, 1.54) is 11.3 Å². The van der Waals surface area contributed by atoms with Gasteiger partial charge in [0, 0.05) is 25.2 Å². The molecule has 0 unspecified atom stereocenters. The molecular weight excluding hydrogens is 250 g/mol. The number of rotatable bonds is 5. The molecule has 2 aromatic rings. The van der Waals surface area contributed by atoms with Crippen LogP contribution < -0.4 is 15.4 Å². The van der Waals surface area contributed by atoms with Crippen molar-refractivity contribution >= 4 is 16.6 Å². The fraction of sp³-hybridized carbons (Fsp3) is 0.438. The van der Waals surface area contributed by atoms with Gasteiger partial charge in [0.1, 0.15) is 5.75 Å². The first-order valence-electron chi connectivity index (χ1n) is 6.93. The van der Waals surface area contributed by atoms with E-state index in [1.54, 1.807) is 7.11 Å². The smallest absolute Gasteiger partial charge is 0.119 e. The van der Waals surface area contributed by atoms with E-state index < -0.39 is 0 Å². The molecule has 0 aliphatic carbocycles. The monoisotopic (exact) mass is 273 g/mol. The van der Waals surface area contributed by atoms with E-state index in [-0.39, 0.29) is 0 Å². The van der Waals surface area contributed by atoms with Crippen LogP contribution in [0, 0.1) is 6.92 Å². The molecule has 1 aromatic heterocycles. The number of nitrogens with two attached hydrogens (primary N) is 1. The first-order chi connectivity index (χ1) is 9.58. The predicted molar refractivity (Wildman–Crippen MR) is 84.7 cm³/mol. The minimum atomic E-state index is 0.697. The summed E-state index contributed by atoms with van der Waals surface area (Å²) in [5, 5.41) is 1.13. The minimum Gasteiger partial charge on any atom is -0.497 e. The Hall–Kier alpha value is -1.81. The van der Waals surface area contributed by atoms with Gasteiger partial charge in [-0.2, -0.15) is 0 Å². The molecule has 2 rings (SSSR count). The maximum absolute atomic E-state index is 5.66. The average molecular weight is 273 g/mol. The van der Waals surface area contributed by atoms with Crippen LogP contribution in [0.5, 0.6) is 5.75 Å². The molecule has 0 radical (unpaired) electrons. The zero-order valence-electron chi connectivity index (χ0n) is 12.7. The van der Waals surface area contributed by atoms with Gasteiger partial charge in [-0.1, -0.05) is 0 Å². The number of aromatic nitrogens is 1. The van der Waals surface area contributed by atoms with E-state index in [4.69, 9.17) is 15.5 Å². The fourth-order valence-corrected chi connectivity index (χ4v) is 2.60. The molecule has 1 aromatic carbocycles. The van der Waals surface area contributed by atoms with Crippen molar-refractivity contribution < 1.29 is 4.74 Å². The third kappa shape index (κ3) is 2.70. The minimum absolute atomic E-state index is 0.697. The molecule has 0 aliphatic heterocycles. The molecule has 4 nitrogen and oxygen atoms in total. The Morgan fingerprint density at radius 2 is 2.05 bits per heavy atom. The van der Waals surface area contributed by atoms with Crippen molar-refractivity contribution in [1.29, 1.82) is 0 Å². The Morgan fingerprint density at radius 3 is 2.65 bits per heavy atom. The van der Waals surface area contributed by atoms with Gasteiger partial charge in [-0.05, 0) is 50.1 Å². The fourth-order valence-electron chi connectivity index (χ4n) is 2.60. The van der Waals surface area contributed by atoms with E-state index in [2.05, 4.69) is 32.0 Å². The third-order valence-corrected chi connectivity index (χ3v) is 3.55. The number of hydrogen-bond acceptors (Lipinski definition) is 4. The van der Waals surface area contributed by atoms with Crippen LogP contribution in [0.4, 0.5) is 5.69 Å². The van der Waals surface area contributed by atoms with Crippen LogP contribution in [0.15, 0.2) is 18.2 Å². The van der Waals surface area contributed by atoms with Crippen LogP contribution in [0.2, 0.25) is 0 Å². The Morgan fingerprint density at radius 1 is 1.30 bits per heavy atom. The first-order valence-corrected chi connectivity index (χ1v) is 6.93. The molecule has 4 heteroatoms. The Kier molecular flexibility index (Phi) is 4.45. The standard InChI is InChI=1S/C16H23N3O/c1-11-13(6-5-9-17)16(19(2)3)14-10-12(20-4)7-8-15(14)18-11/h7-8,10H,5-6,9,17H2,1-4H3. The maximum atomic E-state index is 5.66. The molecule has 0 spiro atoms. The van der Waals surface area contributed by atoms with Gasteiger partial charge in [0.05, 0.1) is 18.3 Å². The zero-order chi connectivity index (χ0) is 14.7. The Labute approximate surface area is 120 Å². The van der Waals surface area contributed by atoms with Gasteiger partial charge < -0.3 is 15.4 Å². The molecule has 0 fully saturated rings. The van der Waals surface area contributed by atoms with Crippen LogP contribution >= 0.6 is 0 Å². The number of nitrogens with zero attached hydrogens (tertiary/aromatic N) is 2. The van der Waals surface area contributed by atoms with Gasteiger partial charge in [0.2, 0.25) is 0 Å². The van der Waals surface area contributed by atoms with E-state index >= 15 is 0 Å². The average Bonchev–Trinajstić information content (AvgIpc) is 2.43. The molecule has 0 amide bonds. The zero-order valence-corrected chi connectivity index (χ0v) is 12.7. The van der Waals surface area contributed by atoms with Gasteiger partial charge in [-0.15, -0.1) is 0 Å². The van der Waals surface area contributed by atoms with Crippen molar-refractivity contribution in [3.05, 3.63) is 29.5 Å². The van der Waals surface area contributed by atoms with Crippen LogP contribution in [-0.4, -0.2) is 32.7 Å². The van der Waals surface area contributed by atoms with E-state index in [9.17, 15) is 0 Å². The van der Waals surface area contributed by atoms with Crippen molar-refractivity contribution in [2.24, 2.45) is 5.73 Å². The van der Waals surface area contributed by atoms with Gasteiger partial charge in [0.15, 0.2) is 0 Å². The molecule has 108 valence electrons. The van der Waals surface area contributed by atoms with Crippen molar-refractivity contribution in [2.45, 2.75) is 19.8 Å². The number of methoxy groups -OCH3 is 1. The summed E-state index contributed by atoms with van der Waals surface area (Å²) in [6.07, 6.45) is 1.93. The van der Waals surface area contributed by atoms with Crippen LogP contribution in [0.25, 0.3) is 10.9 Å². The molecule has 2 N–H and O–H groups in total. The molecule has 0 bridgehead atoms. The summed E-state index contributed by atoms with van der Waals surface area (Å²) in [4.78, 5) is 6.88. The molecule has 0 saturated heterocycles. The molecule has 1 heterocycles. The lowest BCUT2D eigenvalue weighted by molar-refractivity contribution is 0.415. The van der Waals surface area contributed by atoms with E-state index in [0.717, 1.165) is 35.2 Å². The van der Waals surface area contributed by atoms with Gasteiger partial charge >= 0.3 is 0 Å². The summed E-state index contributed by atoms with van der Waals surface area (Å²) in [7, 11) is 5.83. The molecular formula is C16H23N3O. The topological polar surface area (TPSA) is 51.4 Å². The molecule has 20 heavy (non-hydrogen) atoms. The summed E-state index contributed by atoms with van der Waals surface area (Å²) in [6, 6.07) is 6.03. The van der Waals surface area contributed by atoms with Gasteiger partial charge in [-0.25, -0.2) is 0 Å². The Balaban J connectivity index is 2.70. The highest BCUT2D eigenvalue weighted by molar-refractivity contribution is 5.94. The second-order valence-electron chi connectivity index (χ2n) is 5.19. The normalized spacial score (nSPS) is 10.8. The highest BCUT2D eigenvalue weighted by Gasteiger charge is 2.14. The van der Waals surface area contributed by atoms with E-state index in [0.29, 0.717) is 6.54 Å². The molecule has 0 aliphatic rings. The van der Waals surface area contributed by atoms with Gasteiger partial charge in [0.25, 0.3) is 0 Å². The predicted octanol–water partition coefficient (Wildman–Crippen LogP) is 2.51. The van der Waals surface area contributed by atoms with Crippen molar-refractivity contribution in [2.75, 3.05) is 32.6 Å². The highest BCUT2D eigenvalue weighted by Crippen LogP contribution is 2.33. The van der Waals surface area contributed by atoms with Crippen LogP contribution in [0.3, 0.4) is 0 Å². The third-order valence-electron chi connectivity index (χ3n) is 3.55. The summed E-state index contributed by atoms with van der Waals surface area (Å²) >= 11 is 0. The summed E-state index contributed by atoms with van der Waals surface area (Å²) in [6.45, 7) is 2.77. The van der Waals surface area contributed by atoms with Crippen molar-refractivity contribution in [3.63, 3.8) is 0 Å². The second kappa shape index (κ2) is 6.09.